The number of nitrogens with zero attached hydrogens (tertiary/aromatic N) is 5. The first-order valence-corrected chi connectivity index (χ1v) is 8.11. The van der Waals surface area contributed by atoms with Crippen LogP contribution >= 0.6 is 0 Å². The van der Waals surface area contributed by atoms with Crippen LogP contribution in [0, 0.1) is 0 Å². The molecule has 1 aliphatic heterocycles. The molecule has 1 aromatic carbocycles. The smallest absolute Gasteiger partial charge is 0.254 e. The molecule has 1 aromatic heterocycles. The molecule has 1 saturated heterocycles. The van der Waals surface area contributed by atoms with Gasteiger partial charge in [0.25, 0.3) is 5.91 Å². The van der Waals surface area contributed by atoms with E-state index in [2.05, 4.69) is 22.3 Å². The Bertz CT molecular complexity index is 673. The highest BCUT2D eigenvalue weighted by Crippen LogP contribution is 2.14. The zero-order chi connectivity index (χ0) is 16.9. The lowest BCUT2D eigenvalue weighted by atomic mass is 10.1. The Morgan fingerprint density at radius 3 is 3.00 bits per heavy atom. The maximum absolute atomic E-state index is 12.9. The molecule has 0 aliphatic carbocycles. The maximum Gasteiger partial charge on any atom is 0.254 e. The summed E-state index contributed by atoms with van der Waals surface area (Å²) in [6.45, 7) is 3.61. The second-order valence-corrected chi connectivity index (χ2v) is 6.20. The Kier molecular flexibility index (Phi) is 5.22. The summed E-state index contributed by atoms with van der Waals surface area (Å²) in [7, 11) is 3.90. The van der Waals surface area contributed by atoms with Crippen LogP contribution in [0.2, 0.25) is 0 Å². The predicted octanol–water partition coefficient (Wildman–Crippen LogP) is 0.729. The third-order valence-electron chi connectivity index (χ3n) is 4.22. The minimum Gasteiger partial charge on any atom is -0.374 e. The summed E-state index contributed by atoms with van der Waals surface area (Å²) in [5, 5.41) is 7.78. The van der Waals surface area contributed by atoms with E-state index in [1.165, 1.54) is 0 Å². The molecule has 7 nitrogen and oxygen atoms in total. The van der Waals surface area contributed by atoms with Crippen LogP contribution in [0.4, 0.5) is 0 Å². The molecule has 0 saturated carbocycles. The second-order valence-electron chi connectivity index (χ2n) is 6.20. The highest BCUT2D eigenvalue weighted by atomic mass is 16.5. The van der Waals surface area contributed by atoms with E-state index in [1.54, 1.807) is 22.0 Å². The molecule has 0 bridgehead atoms. The van der Waals surface area contributed by atoms with Gasteiger partial charge in [-0.05, 0) is 18.7 Å². The predicted molar refractivity (Wildman–Crippen MR) is 89.8 cm³/mol. The number of aromatic nitrogens is 3. The molecule has 1 amide bonds. The van der Waals surface area contributed by atoms with Crippen molar-refractivity contribution in [3.05, 3.63) is 47.8 Å². The summed E-state index contributed by atoms with van der Waals surface area (Å²) in [6.07, 6.45) is 3.48. The van der Waals surface area contributed by atoms with E-state index < -0.39 is 0 Å². The van der Waals surface area contributed by atoms with Crippen LogP contribution in [0.15, 0.2) is 36.7 Å². The summed E-state index contributed by atoms with van der Waals surface area (Å²) in [4.78, 5) is 16.8. The van der Waals surface area contributed by atoms with Crippen LogP contribution < -0.4 is 0 Å². The molecule has 0 N–H and O–H groups in total. The van der Waals surface area contributed by atoms with Gasteiger partial charge >= 0.3 is 0 Å². The van der Waals surface area contributed by atoms with Crippen molar-refractivity contribution in [2.75, 3.05) is 40.3 Å². The SMILES string of the molecule is CN1CCOC(CN(C)C(=O)c2ccccc2Cn2ccnn2)C1. The molecule has 128 valence electrons. The Hall–Kier alpha value is -2.25. The number of morpholine rings is 1. The van der Waals surface area contributed by atoms with Crippen LogP contribution in [0.1, 0.15) is 15.9 Å². The molecule has 2 heterocycles. The summed E-state index contributed by atoms with van der Waals surface area (Å²) >= 11 is 0. The maximum atomic E-state index is 12.9. The average Bonchev–Trinajstić information content (AvgIpc) is 3.08. The number of carbonyl (C=O) groups is 1. The van der Waals surface area contributed by atoms with Crippen molar-refractivity contribution in [2.45, 2.75) is 12.6 Å². The van der Waals surface area contributed by atoms with Crippen molar-refractivity contribution in [3.63, 3.8) is 0 Å². The molecule has 2 aromatic rings. The number of benzene rings is 1. The van der Waals surface area contributed by atoms with Gasteiger partial charge in [-0.1, -0.05) is 23.4 Å². The monoisotopic (exact) mass is 329 g/mol. The van der Waals surface area contributed by atoms with Crippen LogP contribution in [-0.2, 0) is 11.3 Å². The van der Waals surface area contributed by atoms with Crippen molar-refractivity contribution in [1.82, 2.24) is 24.8 Å². The zero-order valence-electron chi connectivity index (χ0n) is 14.1. The molecule has 1 fully saturated rings. The number of hydrogen-bond acceptors (Lipinski definition) is 5. The van der Waals surface area contributed by atoms with E-state index in [1.807, 2.05) is 31.3 Å². The summed E-state index contributed by atoms with van der Waals surface area (Å²) in [5.74, 6) is 0.00235. The minimum atomic E-state index is 0.00235. The van der Waals surface area contributed by atoms with Crippen molar-refractivity contribution >= 4 is 5.91 Å². The molecular weight excluding hydrogens is 306 g/mol. The van der Waals surface area contributed by atoms with Crippen LogP contribution in [0.25, 0.3) is 0 Å². The molecule has 0 spiro atoms. The third kappa shape index (κ3) is 3.98. The standard InChI is InChI=1S/C17H23N5O2/c1-20-9-10-24-15(12-20)13-21(2)17(23)16-6-4-3-5-14(16)11-22-8-7-18-19-22/h3-8,15H,9-13H2,1-2H3. The Morgan fingerprint density at radius 1 is 1.42 bits per heavy atom. The van der Waals surface area contributed by atoms with Gasteiger partial charge in [-0.2, -0.15) is 0 Å². The molecular formula is C17H23N5O2. The van der Waals surface area contributed by atoms with Gasteiger partial charge in [0.15, 0.2) is 0 Å². The molecule has 3 rings (SSSR count). The zero-order valence-corrected chi connectivity index (χ0v) is 14.1. The van der Waals surface area contributed by atoms with Crippen molar-refractivity contribution in [1.29, 1.82) is 0 Å². The third-order valence-corrected chi connectivity index (χ3v) is 4.22. The molecule has 0 radical (unpaired) electrons. The molecule has 1 atom stereocenters. The van der Waals surface area contributed by atoms with Gasteiger partial charge < -0.3 is 14.5 Å². The lowest BCUT2D eigenvalue weighted by molar-refractivity contribution is -0.0301. The molecule has 1 unspecified atom stereocenters. The van der Waals surface area contributed by atoms with E-state index in [0.717, 1.165) is 18.7 Å². The van der Waals surface area contributed by atoms with Gasteiger partial charge in [0, 0.05) is 38.4 Å². The molecule has 24 heavy (non-hydrogen) atoms. The first-order chi connectivity index (χ1) is 11.6. The number of ether oxygens (including phenoxy) is 1. The number of amides is 1. The number of likely N-dealkylation sites (N-methyl/N-ethyl adjacent to an activating group) is 2. The van der Waals surface area contributed by atoms with Gasteiger partial charge in [-0.25, -0.2) is 4.68 Å². The second kappa shape index (κ2) is 7.55. The van der Waals surface area contributed by atoms with Gasteiger partial charge in [-0.3, -0.25) is 4.79 Å². The summed E-state index contributed by atoms with van der Waals surface area (Å²) in [5.41, 5.74) is 1.63. The van der Waals surface area contributed by atoms with Gasteiger partial charge in [0.2, 0.25) is 0 Å². The van der Waals surface area contributed by atoms with Crippen molar-refractivity contribution < 1.29 is 9.53 Å². The average molecular weight is 329 g/mol. The summed E-state index contributed by atoms with van der Waals surface area (Å²) < 4.78 is 7.48. The lowest BCUT2D eigenvalue weighted by Crippen LogP contribution is -2.46. The number of rotatable bonds is 5. The van der Waals surface area contributed by atoms with E-state index >= 15 is 0 Å². The quantitative estimate of drug-likeness (QED) is 0.809. The van der Waals surface area contributed by atoms with E-state index in [9.17, 15) is 4.79 Å². The highest BCUT2D eigenvalue weighted by Gasteiger charge is 2.23. The topological polar surface area (TPSA) is 63.5 Å². The largest absolute Gasteiger partial charge is 0.374 e. The van der Waals surface area contributed by atoms with Crippen LogP contribution in [0.5, 0.6) is 0 Å². The Labute approximate surface area is 141 Å². The highest BCUT2D eigenvalue weighted by molar-refractivity contribution is 5.95. The van der Waals surface area contributed by atoms with E-state index in [4.69, 9.17) is 4.74 Å². The van der Waals surface area contributed by atoms with Crippen LogP contribution in [0.3, 0.4) is 0 Å². The molecule has 7 heteroatoms. The fourth-order valence-electron chi connectivity index (χ4n) is 2.93. The Morgan fingerprint density at radius 2 is 2.25 bits per heavy atom. The fraction of sp³-hybridized carbons (Fsp3) is 0.471. The lowest BCUT2D eigenvalue weighted by Gasteiger charge is -2.32. The van der Waals surface area contributed by atoms with Crippen molar-refractivity contribution in [2.24, 2.45) is 0 Å². The minimum absolute atomic E-state index is 0.00235. The number of carbonyl (C=O) groups excluding carboxylic acids is 1. The van der Waals surface area contributed by atoms with Crippen LogP contribution in [-0.4, -0.2) is 77.1 Å². The first-order valence-electron chi connectivity index (χ1n) is 8.11. The van der Waals surface area contributed by atoms with E-state index in [0.29, 0.717) is 25.3 Å². The van der Waals surface area contributed by atoms with Gasteiger partial charge in [-0.15, -0.1) is 5.10 Å². The number of hydrogen-bond donors (Lipinski definition) is 0. The van der Waals surface area contributed by atoms with Gasteiger partial charge in [0.1, 0.15) is 0 Å². The van der Waals surface area contributed by atoms with E-state index in [-0.39, 0.29) is 12.0 Å². The first kappa shape index (κ1) is 16.6. The summed E-state index contributed by atoms with van der Waals surface area (Å²) in [6, 6.07) is 7.63. The normalized spacial score (nSPS) is 18.5. The Balaban J connectivity index is 1.69. The van der Waals surface area contributed by atoms with Crippen molar-refractivity contribution in [3.8, 4) is 0 Å². The van der Waals surface area contributed by atoms with Gasteiger partial charge in [0.05, 0.1) is 25.5 Å². The fourth-order valence-corrected chi connectivity index (χ4v) is 2.93. The molecule has 1 aliphatic rings.